The third-order valence-electron chi connectivity index (χ3n) is 7.67. The highest BCUT2D eigenvalue weighted by Crippen LogP contribution is 2.35. The summed E-state index contributed by atoms with van der Waals surface area (Å²) in [5.74, 6) is 5.69. The Kier molecular flexibility index (Phi) is 8.57. The van der Waals surface area contributed by atoms with Crippen molar-refractivity contribution in [1.29, 1.82) is 0 Å². The minimum Gasteiger partial charge on any atom is -0.322 e. The molecular weight excluding hydrogens is 539 g/mol. The number of amides is 1. The molecular formula is C33H32F3N5O. The van der Waals surface area contributed by atoms with Crippen LogP contribution in [0.1, 0.15) is 51.0 Å². The first-order valence-corrected chi connectivity index (χ1v) is 13.8. The zero-order valence-electron chi connectivity index (χ0n) is 23.8. The lowest BCUT2D eigenvalue weighted by Crippen LogP contribution is -2.41. The van der Waals surface area contributed by atoms with Crippen molar-refractivity contribution in [1.82, 2.24) is 19.8 Å². The van der Waals surface area contributed by atoms with Gasteiger partial charge in [-0.15, -0.1) is 0 Å². The molecule has 42 heavy (non-hydrogen) atoms. The Balaban J connectivity index is 1.32. The Morgan fingerprint density at radius 3 is 2.43 bits per heavy atom. The minimum atomic E-state index is -4.54. The number of anilines is 1. The summed E-state index contributed by atoms with van der Waals surface area (Å²) in [6, 6.07) is 15.1. The molecule has 3 aromatic carbocycles. The zero-order valence-corrected chi connectivity index (χ0v) is 23.8. The number of fused-ring (bicyclic) bond motifs is 1. The number of likely N-dealkylation sites (tertiary alicyclic amines) is 1. The number of benzene rings is 3. The Bertz CT molecular complexity index is 1660. The van der Waals surface area contributed by atoms with Crippen molar-refractivity contribution >= 4 is 22.6 Å². The van der Waals surface area contributed by atoms with Crippen molar-refractivity contribution in [3.05, 3.63) is 100 Å². The summed E-state index contributed by atoms with van der Waals surface area (Å²) in [5.41, 5.74) is 3.63. The van der Waals surface area contributed by atoms with E-state index in [9.17, 15) is 18.0 Å². The van der Waals surface area contributed by atoms with Crippen LogP contribution >= 0.6 is 0 Å². The van der Waals surface area contributed by atoms with Crippen LogP contribution in [0.4, 0.5) is 18.9 Å². The van der Waals surface area contributed by atoms with Crippen LogP contribution in [-0.4, -0.2) is 58.9 Å². The molecule has 6 nitrogen and oxygen atoms in total. The number of alkyl halides is 3. The SMILES string of the molecule is Cc1ccc(C(=O)Nc2ccc(CN3CCC(N(C)C)CC3)c(C(F)(F)F)c2)cc1C#Cc1ccc2nccnc2c1. The molecule has 9 heteroatoms. The lowest BCUT2D eigenvalue weighted by molar-refractivity contribution is -0.138. The van der Waals surface area contributed by atoms with Crippen molar-refractivity contribution in [3.63, 3.8) is 0 Å². The molecule has 4 aromatic rings. The second-order valence-electron chi connectivity index (χ2n) is 10.8. The molecule has 1 fully saturated rings. The van der Waals surface area contributed by atoms with E-state index in [1.54, 1.807) is 30.6 Å². The molecule has 0 radical (unpaired) electrons. The number of nitrogens with one attached hydrogen (secondary N) is 1. The zero-order chi connectivity index (χ0) is 29.9. The summed E-state index contributed by atoms with van der Waals surface area (Å²) in [6.45, 7) is 3.58. The van der Waals surface area contributed by atoms with Crippen molar-refractivity contribution in [2.75, 3.05) is 32.5 Å². The van der Waals surface area contributed by atoms with Gasteiger partial charge >= 0.3 is 6.18 Å². The monoisotopic (exact) mass is 571 g/mol. The largest absolute Gasteiger partial charge is 0.416 e. The number of hydrogen-bond donors (Lipinski definition) is 1. The maximum absolute atomic E-state index is 14.1. The summed E-state index contributed by atoms with van der Waals surface area (Å²) >= 11 is 0. The lowest BCUT2D eigenvalue weighted by Gasteiger charge is -2.35. The van der Waals surface area contributed by atoms with Crippen LogP contribution in [-0.2, 0) is 12.7 Å². The second kappa shape index (κ2) is 12.3. The molecule has 0 spiro atoms. The van der Waals surface area contributed by atoms with Crippen LogP contribution in [0.15, 0.2) is 67.0 Å². The molecule has 1 amide bonds. The average Bonchev–Trinajstić information content (AvgIpc) is 2.97. The standard InChI is InChI=1S/C33H32F3N5O/c1-22-4-7-25(19-24(22)8-5-23-6-11-30-31(18-23)38-15-14-37-30)32(42)39-27-10-9-26(29(20-27)33(34,35)36)21-41-16-12-28(13-17-41)40(2)3/h4,6-7,9-11,14-15,18-20,28H,12-13,16-17,21H2,1-3H3,(H,39,42). The van der Waals surface area contributed by atoms with Crippen LogP contribution in [0.25, 0.3) is 11.0 Å². The number of rotatable bonds is 5. The summed E-state index contributed by atoms with van der Waals surface area (Å²) in [4.78, 5) is 25.9. The summed E-state index contributed by atoms with van der Waals surface area (Å²) in [5, 5.41) is 2.64. The van der Waals surface area contributed by atoms with Gasteiger partial charge in [0.05, 0.1) is 16.6 Å². The lowest BCUT2D eigenvalue weighted by atomic mass is 10.0. The van der Waals surface area contributed by atoms with E-state index in [1.165, 1.54) is 12.1 Å². The quantitative estimate of drug-likeness (QED) is 0.292. The van der Waals surface area contributed by atoms with Crippen LogP contribution in [0, 0.1) is 18.8 Å². The Hall–Kier alpha value is -4.26. The fourth-order valence-electron chi connectivity index (χ4n) is 5.17. The third-order valence-corrected chi connectivity index (χ3v) is 7.67. The van der Waals surface area contributed by atoms with E-state index < -0.39 is 17.6 Å². The second-order valence-corrected chi connectivity index (χ2v) is 10.8. The molecule has 216 valence electrons. The van der Waals surface area contributed by atoms with Gasteiger partial charge in [0.15, 0.2) is 0 Å². The van der Waals surface area contributed by atoms with E-state index in [4.69, 9.17) is 0 Å². The molecule has 1 aliphatic rings. The van der Waals surface area contributed by atoms with Crippen molar-refractivity contribution in [3.8, 4) is 11.8 Å². The predicted molar refractivity (Wildman–Crippen MR) is 158 cm³/mol. The van der Waals surface area contributed by atoms with Gasteiger partial charge in [0, 0.05) is 47.4 Å². The van der Waals surface area contributed by atoms with Crippen LogP contribution in [0.5, 0.6) is 0 Å². The van der Waals surface area contributed by atoms with Gasteiger partial charge in [-0.2, -0.15) is 13.2 Å². The van der Waals surface area contributed by atoms with Crippen LogP contribution in [0.3, 0.4) is 0 Å². The Morgan fingerprint density at radius 1 is 0.976 bits per heavy atom. The van der Waals surface area contributed by atoms with Crippen LogP contribution < -0.4 is 5.32 Å². The molecule has 1 aromatic heterocycles. The molecule has 0 saturated carbocycles. The number of aromatic nitrogens is 2. The van der Waals surface area contributed by atoms with E-state index in [0.29, 0.717) is 17.2 Å². The first kappa shape index (κ1) is 29.2. The Morgan fingerprint density at radius 2 is 1.71 bits per heavy atom. The highest BCUT2D eigenvalue weighted by Gasteiger charge is 2.34. The highest BCUT2D eigenvalue weighted by atomic mass is 19.4. The topological polar surface area (TPSA) is 61.4 Å². The third kappa shape index (κ3) is 6.96. The van der Waals surface area contributed by atoms with Gasteiger partial charge in [0.2, 0.25) is 0 Å². The number of hydrogen-bond acceptors (Lipinski definition) is 5. The molecule has 2 heterocycles. The molecule has 0 aliphatic carbocycles. The smallest absolute Gasteiger partial charge is 0.322 e. The first-order valence-electron chi connectivity index (χ1n) is 13.8. The summed E-state index contributed by atoms with van der Waals surface area (Å²) < 4.78 is 42.2. The van der Waals surface area contributed by atoms with Crippen molar-refractivity contribution in [2.24, 2.45) is 0 Å². The molecule has 1 saturated heterocycles. The van der Waals surface area contributed by atoms with E-state index in [0.717, 1.165) is 54.2 Å². The van der Waals surface area contributed by atoms with Gasteiger partial charge in [-0.25, -0.2) is 0 Å². The summed E-state index contributed by atoms with van der Waals surface area (Å²) in [6.07, 6.45) is 0.539. The van der Waals surface area contributed by atoms with E-state index >= 15 is 0 Å². The molecule has 1 N–H and O–H groups in total. The first-order chi connectivity index (χ1) is 20.1. The van der Waals surface area contributed by atoms with Crippen molar-refractivity contribution in [2.45, 2.75) is 38.5 Å². The number of carbonyl (C=O) groups excluding carboxylic acids is 1. The fourth-order valence-corrected chi connectivity index (χ4v) is 5.17. The molecule has 1 aliphatic heterocycles. The maximum Gasteiger partial charge on any atom is 0.416 e. The number of halogens is 3. The van der Waals surface area contributed by atoms with Crippen LogP contribution in [0.2, 0.25) is 0 Å². The van der Waals surface area contributed by atoms with E-state index in [-0.39, 0.29) is 17.8 Å². The van der Waals surface area contributed by atoms with Gasteiger partial charge in [-0.3, -0.25) is 19.7 Å². The van der Waals surface area contributed by atoms with Crippen molar-refractivity contribution < 1.29 is 18.0 Å². The number of aryl methyl sites for hydroxylation is 1. The van der Waals surface area contributed by atoms with Gasteiger partial charge in [-0.1, -0.05) is 24.0 Å². The van der Waals surface area contributed by atoms with Gasteiger partial charge < -0.3 is 10.2 Å². The van der Waals surface area contributed by atoms with E-state index in [1.807, 2.05) is 39.2 Å². The molecule has 0 unspecified atom stereocenters. The number of nitrogens with zero attached hydrogens (tertiary/aromatic N) is 4. The number of carbonyl (C=O) groups is 1. The summed E-state index contributed by atoms with van der Waals surface area (Å²) in [7, 11) is 4.06. The van der Waals surface area contributed by atoms with Gasteiger partial charge in [0.25, 0.3) is 5.91 Å². The number of piperidine rings is 1. The highest BCUT2D eigenvalue weighted by molar-refractivity contribution is 6.04. The molecule has 0 bridgehead atoms. The van der Waals surface area contributed by atoms with Gasteiger partial charge in [0.1, 0.15) is 0 Å². The normalized spacial score (nSPS) is 14.5. The molecule has 5 rings (SSSR count). The average molecular weight is 572 g/mol. The fraction of sp³-hybridized carbons (Fsp3) is 0.303. The van der Waals surface area contributed by atoms with Gasteiger partial charge in [-0.05, 0) is 101 Å². The Labute approximate surface area is 243 Å². The maximum atomic E-state index is 14.1. The minimum absolute atomic E-state index is 0.0906. The molecule has 0 atom stereocenters. The predicted octanol–water partition coefficient (Wildman–Crippen LogP) is 6.14. The van der Waals surface area contributed by atoms with E-state index in [2.05, 4.69) is 36.9 Å².